The third kappa shape index (κ3) is 3.81. The average molecular weight is 253 g/mol. The Morgan fingerprint density at radius 1 is 1.39 bits per heavy atom. The van der Waals surface area contributed by atoms with Gasteiger partial charge in [0.1, 0.15) is 0 Å². The highest BCUT2D eigenvalue weighted by atomic mass is 16.6. The summed E-state index contributed by atoms with van der Waals surface area (Å²) >= 11 is 0. The van der Waals surface area contributed by atoms with Gasteiger partial charge in [-0.1, -0.05) is 12.1 Å². The minimum Gasteiger partial charge on any atom is -0.464 e. The Labute approximate surface area is 105 Å². The Morgan fingerprint density at radius 2 is 2.00 bits per heavy atom. The maximum atomic E-state index is 11.5. The molecule has 98 valence electrons. The van der Waals surface area contributed by atoms with Crippen LogP contribution in [-0.2, 0) is 20.7 Å². The van der Waals surface area contributed by atoms with Crippen molar-refractivity contribution in [3.63, 3.8) is 0 Å². The molecule has 0 saturated heterocycles. The van der Waals surface area contributed by atoms with E-state index in [0.717, 1.165) is 5.56 Å². The first-order valence-electron chi connectivity index (χ1n) is 5.51. The topological polar surface area (TPSA) is 78.7 Å². The first-order valence-corrected chi connectivity index (χ1v) is 5.51. The molecule has 0 saturated carbocycles. The van der Waals surface area contributed by atoms with Crippen molar-refractivity contribution in [2.24, 2.45) is 0 Å². The van der Waals surface area contributed by atoms with E-state index in [1.807, 2.05) is 0 Å². The first kappa shape index (κ1) is 14.1. The van der Waals surface area contributed by atoms with Crippen molar-refractivity contribution in [2.45, 2.75) is 19.4 Å². The maximum absolute atomic E-state index is 11.5. The molecule has 0 aliphatic heterocycles. The van der Waals surface area contributed by atoms with Gasteiger partial charge in [-0.3, -0.25) is 10.1 Å². The summed E-state index contributed by atoms with van der Waals surface area (Å²) in [6.45, 7) is 2.01. The number of carbonyl (C=O) groups excluding carboxylic acids is 1. The van der Waals surface area contributed by atoms with E-state index in [4.69, 9.17) is 9.47 Å². The summed E-state index contributed by atoms with van der Waals surface area (Å²) in [4.78, 5) is 21.5. The highest BCUT2D eigenvalue weighted by Crippen LogP contribution is 2.14. The van der Waals surface area contributed by atoms with Gasteiger partial charge in [0.15, 0.2) is 6.10 Å². The fourth-order valence-electron chi connectivity index (χ4n) is 1.47. The van der Waals surface area contributed by atoms with Crippen molar-refractivity contribution < 1.29 is 19.2 Å². The average Bonchev–Trinajstić information content (AvgIpc) is 2.36. The molecule has 0 aliphatic carbocycles. The normalized spacial score (nSPS) is 11.9. The third-order valence-electron chi connectivity index (χ3n) is 2.40. The van der Waals surface area contributed by atoms with E-state index >= 15 is 0 Å². The quantitative estimate of drug-likeness (QED) is 0.438. The van der Waals surface area contributed by atoms with Crippen LogP contribution in [0.25, 0.3) is 0 Å². The lowest BCUT2D eigenvalue weighted by Gasteiger charge is -2.13. The Morgan fingerprint density at radius 3 is 2.44 bits per heavy atom. The molecule has 0 N–H and O–H groups in total. The van der Waals surface area contributed by atoms with Gasteiger partial charge < -0.3 is 9.47 Å². The molecule has 1 rings (SSSR count). The molecule has 0 heterocycles. The molecule has 1 atom stereocenters. The molecule has 0 amide bonds. The first-order chi connectivity index (χ1) is 8.58. The van der Waals surface area contributed by atoms with Crippen molar-refractivity contribution in [3.8, 4) is 0 Å². The van der Waals surface area contributed by atoms with Gasteiger partial charge in [0.05, 0.1) is 11.5 Å². The summed E-state index contributed by atoms with van der Waals surface area (Å²) in [6, 6.07) is 5.99. The fraction of sp³-hybridized carbons (Fsp3) is 0.417. The van der Waals surface area contributed by atoms with Crippen molar-refractivity contribution in [2.75, 3.05) is 13.7 Å². The third-order valence-corrected chi connectivity index (χ3v) is 2.40. The fourth-order valence-corrected chi connectivity index (χ4v) is 1.47. The number of benzene rings is 1. The lowest BCUT2D eigenvalue weighted by molar-refractivity contribution is -0.384. The highest BCUT2D eigenvalue weighted by Gasteiger charge is 2.19. The Bertz CT molecular complexity index is 415. The molecule has 0 bridgehead atoms. The van der Waals surface area contributed by atoms with E-state index in [2.05, 4.69) is 0 Å². The second kappa shape index (κ2) is 6.70. The van der Waals surface area contributed by atoms with Gasteiger partial charge in [0.2, 0.25) is 0 Å². The molecule has 1 aromatic rings. The summed E-state index contributed by atoms with van der Waals surface area (Å²) in [6.07, 6.45) is -0.362. The molecular formula is C12H15NO5. The van der Waals surface area contributed by atoms with Crippen LogP contribution in [0.4, 0.5) is 5.69 Å². The molecule has 0 fully saturated rings. The molecule has 0 aliphatic rings. The van der Waals surface area contributed by atoms with E-state index in [9.17, 15) is 14.9 Å². The summed E-state index contributed by atoms with van der Waals surface area (Å²) in [7, 11) is 1.42. The summed E-state index contributed by atoms with van der Waals surface area (Å²) < 4.78 is 9.89. The Balaban J connectivity index is 2.70. The standard InChI is InChI=1S/C12H15NO5/c1-3-18-12(14)11(17-2)8-9-4-6-10(7-5-9)13(15)16/h4-7,11H,3,8H2,1-2H3/t11-/m0/s1. The molecule has 6 heteroatoms. The second-order valence-corrected chi connectivity index (χ2v) is 3.60. The Kier molecular flexibility index (Phi) is 5.26. The van der Waals surface area contributed by atoms with Gasteiger partial charge >= 0.3 is 5.97 Å². The molecular weight excluding hydrogens is 238 g/mol. The van der Waals surface area contributed by atoms with Gasteiger partial charge in [-0.2, -0.15) is 0 Å². The van der Waals surface area contributed by atoms with Gasteiger partial charge in [-0.25, -0.2) is 4.79 Å². The number of nitrogens with zero attached hydrogens (tertiary/aromatic N) is 1. The molecule has 0 spiro atoms. The van der Waals surface area contributed by atoms with Crippen LogP contribution in [0.5, 0.6) is 0 Å². The predicted molar refractivity (Wildman–Crippen MR) is 64.2 cm³/mol. The van der Waals surface area contributed by atoms with E-state index in [1.165, 1.54) is 19.2 Å². The zero-order valence-electron chi connectivity index (χ0n) is 10.3. The second-order valence-electron chi connectivity index (χ2n) is 3.60. The maximum Gasteiger partial charge on any atom is 0.335 e. The Hall–Kier alpha value is -1.95. The van der Waals surface area contributed by atoms with Crippen molar-refractivity contribution >= 4 is 11.7 Å². The lowest BCUT2D eigenvalue weighted by Crippen LogP contribution is -2.27. The number of rotatable bonds is 6. The number of esters is 1. The number of hydrogen-bond donors (Lipinski definition) is 0. The number of ether oxygens (including phenoxy) is 2. The number of carbonyl (C=O) groups is 1. The molecule has 0 aromatic heterocycles. The summed E-state index contributed by atoms with van der Waals surface area (Å²) in [5.41, 5.74) is 0.796. The van der Waals surface area contributed by atoms with Crippen LogP contribution in [0, 0.1) is 10.1 Å². The number of hydrogen-bond acceptors (Lipinski definition) is 5. The van der Waals surface area contributed by atoms with Crippen LogP contribution < -0.4 is 0 Å². The molecule has 18 heavy (non-hydrogen) atoms. The molecule has 0 unspecified atom stereocenters. The molecule has 6 nitrogen and oxygen atoms in total. The predicted octanol–water partition coefficient (Wildman–Crippen LogP) is 1.72. The molecule has 0 radical (unpaired) electrons. The minimum absolute atomic E-state index is 0.0175. The molecule has 1 aromatic carbocycles. The van der Waals surface area contributed by atoms with Gasteiger partial charge in [0.25, 0.3) is 5.69 Å². The van der Waals surface area contributed by atoms with Crippen LogP contribution in [0.2, 0.25) is 0 Å². The summed E-state index contributed by atoms with van der Waals surface area (Å²) in [5, 5.41) is 10.5. The van der Waals surface area contributed by atoms with Crippen molar-refractivity contribution in [3.05, 3.63) is 39.9 Å². The largest absolute Gasteiger partial charge is 0.464 e. The van der Waals surface area contributed by atoms with Crippen molar-refractivity contribution in [1.82, 2.24) is 0 Å². The number of nitro groups is 1. The van der Waals surface area contributed by atoms with Gasteiger partial charge in [-0.05, 0) is 12.5 Å². The number of non-ortho nitro benzene ring substituents is 1. The van der Waals surface area contributed by atoms with E-state index in [0.29, 0.717) is 13.0 Å². The zero-order chi connectivity index (χ0) is 13.5. The highest BCUT2D eigenvalue weighted by molar-refractivity contribution is 5.75. The zero-order valence-corrected chi connectivity index (χ0v) is 10.3. The van der Waals surface area contributed by atoms with Crippen LogP contribution in [0.3, 0.4) is 0 Å². The summed E-state index contributed by atoms with van der Waals surface area (Å²) in [5.74, 6) is -0.432. The van der Waals surface area contributed by atoms with E-state index < -0.39 is 17.0 Å². The van der Waals surface area contributed by atoms with Crippen LogP contribution >= 0.6 is 0 Å². The van der Waals surface area contributed by atoms with Gasteiger partial charge in [-0.15, -0.1) is 0 Å². The van der Waals surface area contributed by atoms with Crippen LogP contribution in [0.15, 0.2) is 24.3 Å². The van der Waals surface area contributed by atoms with E-state index in [-0.39, 0.29) is 5.69 Å². The SMILES string of the molecule is CCOC(=O)[C@H](Cc1ccc([N+](=O)[O-])cc1)OC. The minimum atomic E-state index is -0.689. The monoisotopic (exact) mass is 253 g/mol. The smallest absolute Gasteiger partial charge is 0.335 e. The number of nitro benzene ring substituents is 1. The number of methoxy groups -OCH3 is 1. The van der Waals surface area contributed by atoms with Gasteiger partial charge in [0, 0.05) is 25.7 Å². The van der Waals surface area contributed by atoms with Crippen molar-refractivity contribution in [1.29, 1.82) is 0 Å². The van der Waals surface area contributed by atoms with Crippen LogP contribution in [0.1, 0.15) is 12.5 Å². The van der Waals surface area contributed by atoms with Crippen LogP contribution in [-0.4, -0.2) is 30.7 Å². The van der Waals surface area contributed by atoms with E-state index in [1.54, 1.807) is 19.1 Å². The lowest BCUT2D eigenvalue weighted by atomic mass is 10.1.